The van der Waals surface area contributed by atoms with Gasteiger partial charge < -0.3 is 4.74 Å². The molecule has 1 nitrogen and oxygen atoms in total. The van der Waals surface area contributed by atoms with E-state index in [9.17, 15) is 17.6 Å². The Morgan fingerprint density at radius 1 is 1.00 bits per heavy atom. The Morgan fingerprint density at radius 2 is 1.67 bits per heavy atom. The van der Waals surface area contributed by atoms with Gasteiger partial charge in [0, 0.05) is 17.2 Å². The van der Waals surface area contributed by atoms with Crippen molar-refractivity contribution in [1.82, 2.24) is 0 Å². The maximum Gasteiger partial charge on any atom is 0.387 e. The zero-order valence-corrected chi connectivity index (χ0v) is 12.5. The normalized spacial score (nSPS) is 12.5. The van der Waals surface area contributed by atoms with Crippen LogP contribution in [-0.2, 0) is 0 Å². The molecule has 0 aromatic heterocycles. The van der Waals surface area contributed by atoms with Crippen molar-refractivity contribution in [2.45, 2.75) is 18.4 Å². The van der Waals surface area contributed by atoms with E-state index in [-0.39, 0.29) is 16.9 Å². The minimum absolute atomic E-state index is 0.0595. The van der Waals surface area contributed by atoms with E-state index in [4.69, 9.17) is 0 Å². The van der Waals surface area contributed by atoms with E-state index in [0.717, 1.165) is 6.07 Å². The van der Waals surface area contributed by atoms with Gasteiger partial charge in [0.1, 0.15) is 17.4 Å². The quantitative estimate of drug-likeness (QED) is 0.525. The average Bonchev–Trinajstić information content (AvgIpc) is 2.42. The minimum Gasteiger partial charge on any atom is -0.434 e. The molecule has 21 heavy (non-hydrogen) atoms. The van der Waals surface area contributed by atoms with Crippen LogP contribution in [0.5, 0.6) is 5.75 Å². The summed E-state index contributed by atoms with van der Waals surface area (Å²) >= 11 is 3.26. The number of rotatable bonds is 4. The zero-order valence-electron chi connectivity index (χ0n) is 10.9. The van der Waals surface area contributed by atoms with Crippen molar-refractivity contribution in [1.29, 1.82) is 0 Å². The Labute approximate surface area is 127 Å². The monoisotopic (exact) mass is 362 g/mol. The van der Waals surface area contributed by atoms with Gasteiger partial charge in [0.25, 0.3) is 0 Å². The lowest BCUT2D eigenvalue weighted by Crippen LogP contribution is -2.06. The molecule has 1 unspecified atom stereocenters. The van der Waals surface area contributed by atoms with Crippen LogP contribution in [0.15, 0.2) is 36.4 Å². The molecule has 2 aromatic carbocycles. The molecule has 2 aromatic rings. The van der Waals surface area contributed by atoms with Crippen molar-refractivity contribution in [3.63, 3.8) is 0 Å². The molecule has 0 amide bonds. The van der Waals surface area contributed by atoms with Gasteiger partial charge in [0.15, 0.2) is 0 Å². The molecule has 0 N–H and O–H groups in total. The highest BCUT2D eigenvalue weighted by Gasteiger charge is 2.21. The molecule has 0 saturated heterocycles. The topological polar surface area (TPSA) is 9.23 Å². The smallest absolute Gasteiger partial charge is 0.387 e. The van der Waals surface area contributed by atoms with Crippen molar-refractivity contribution in [2.24, 2.45) is 0 Å². The first kappa shape index (κ1) is 15.8. The number of para-hydroxylation sites is 1. The predicted molar refractivity (Wildman–Crippen MR) is 74.9 cm³/mol. The summed E-state index contributed by atoms with van der Waals surface area (Å²) in [7, 11) is 0. The van der Waals surface area contributed by atoms with E-state index in [1.165, 1.54) is 31.2 Å². The lowest BCUT2D eigenvalue weighted by molar-refractivity contribution is -0.0503. The van der Waals surface area contributed by atoms with Gasteiger partial charge in [-0.3, -0.25) is 0 Å². The second-order valence-electron chi connectivity index (χ2n) is 4.40. The molecule has 0 aliphatic carbocycles. The van der Waals surface area contributed by atoms with Crippen molar-refractivity contribution in [3.8, 4) is 5.75 Å². The number of hydrogen-bond acceptors (Lipinski definition) is 1. The summed E-state index contributed by atoms with van der Waals surface area (Å²) in [4.78, 5) is -0.730. The summed E-state index contributed by atoms with van der Waals surface area (Å²) < 4.78 is 56.4. The van der Waals surface area contributed by atoms with Gasteiger partial charge >= 0.3 is 6.61 Å². The highest BCUT2D eigenvalue weighted by Crippen LogP contribution is 2.38. The second-order valence-corrected chi connectivity index (χ2v) is 5.32. The summed E-state index contributed by atoms with van der Waals surface area (Å²) in [6.45, 7) is -1.48. The fraction of sp³-hybridized carbons (Fsp3) is 0.200. The van der Waals surface area contributed by atoms with Gasteiger partial charge in [-0.05, 0) is 24.6 Å². The molecule has 0 bridgehead atoms. The van der Waals surface area contributed by atoms with E-state index in [2.05, 4.69) is 20.7 Å². The van der Waals surface area contributed by atoms with Gasteiger partial charge in [0.2, 0.25) is 0 Å². The van der Waals surface area contributed by atoms with Crippen LogP contribution in [0.2, 0.25) is 0 Å². The molecule has 0 fully saturated rings. The molecule has 0 aliphatic rings. The minimum atomic E-state index is -2.98. The van der Waals surface area contributed by atoms with Crippen LogP contribution >= 0.6 is 15.9 Å². The summed E-state index contributed by atoms with van der Waals surface area (Å²) in [5, 5.41) is 0. The number of alkyl halides is 3. The molecule has 6 heteroatoms. The third kappa shape index (κ3) is 3.56. The third-order valence-electron chi connectivity index (χ3n) is 2.96. The Kier molecular flexibility index (Phi) is 4.88. The van der Waals surface area contributed by atoms with Gasteiger partial charge in [-0.1, -0.05) is 34.1 Å². The largest absolute Gasteiger partial charge is 0.434 e. The number of halogens is 5. The first-order valence-electron chi connectivity index (χ1n) is 6.03. The molecule has 112 valence electrons. The lowest BCUT2D eigenvalue weighted by Gasteiger charge is -2.17. The van der Waals surface area contributed by atoms with Gasteiger partial charge in [-0.25, -0.2) is 8.78 Å². The van der Waals surface area contributed by atoms with Crippen LogP contribution in [0.1, 0.15) is 21.5 Å². The van der Waals surface area contributed by atoms with Crippen LogP contribution in [0.25, 0.3) is 0 Å². The molecular weight excluding hydrogens is 352 g/mol. The summed E-state index contributed by atoms with van der Waals surface area (Å²) in [5.41, 5.74) is 0.755. The van der Waals surface area contributed by atoms with Crippen molar-refractivity contribution in [3.05, 3.63) is 64.7 Å². The Morgan fingerprint density at radius 3 is 2.33 bits per heavy atom. The predicted octanol–water partition coefficient (Wildman–Crippen LogP) is 5.36. The third-order valence-corrected chi connectivity index (χ3v) is 3.95. The van der Waals surface area contributed by atoms with Gasteiger partial charge in [0.05, 0.1) is 4.83 Å². The molecule has 1 atom stereocenters. The van der Waals surface area contributed by atoms with Crippen LogP contribution in [0.3, 0.4) is 0 Å². The summed E-state index contributed by atoms with van der Waals surface area (Å²) in [6.07, 6.45) is 0. The van der Waals surface area contributed by atoms with Gasteiger partial charge in [-0.15, -0.1) is 0 Å². The van der Waals surface area contributed by atoms with Gasteiger partial charge in [-0.2, -0.15) is 8.78 Å². The first-order chi connectivity index (χ1) is 9.90. The molecule has 0 radical (unpaired) electrons. The fourth-order valence-corrected chi connectivity index (χ4v) is 2.66. The lowest BCUT2D eigenvalue weighted by atomic mass is 10.0. The van der Waals surface area contributed by atoms with Crippen molar-refractivity contribution in [2.75, 3.05) is 0 Å². The molecule has 0 saturated carbocycles. The van der Waals surface area contributed by atoms with E-state index in [0.29, 0.717) is 5.56 Å². The molecular formula is C15H11BrF4O. The van der Waals surface area contributed by atoms with Crippen LogP contribution in [0, 0.1) is 18.6 Å². The van der Waals surface area contributed by atoms with Crippen LogP contribution < -0.4 is 4.74 Å². The Hall–Kier alpha value is -1.56. The van der Waals surface area contributed by atoms with Crippen LogP contribution in [-0.4, -0.2) is 6.61 Å². The molecule has 0 heterocycles. The standard InChI is InChI=1S/C15H11BrF4O/c1-8-6-10(12(18)7-11(8)17)14(16)9-4-2-3-5-13(9)21-15(19)20/h2-7,14-15H,1H3. The molecule has 0 spiro atoms. The van der Waals surface area contributed by atoms with E-state index in [1.54, 1.807) is 6.07 Å². The Balaban J connectivity index is 2.45. The van der Waals surface area contributed by atoms with Crippen molar-refractivity contribution >= 4 is 15.9 Å². The fourth-order valence-electron chi connectivity index (χ4n) is 1.93. The zero-order chi connectivity index (χ0) is 15.6. The van der Waals surface area contributed by atoms with E-state index < -0.39 is 23.1 Å². The first-order valence-corrected chi connectivity index (χ1v) is 6.95. The maximum atomic E-state index is 13.9. The molecule has 2 rings (SSSR count). The number of ether oxygens (including phenoxy) is 1. The molecule has 0 aliphatic heterocycles. The highest BCUT2D eigenvalue weighted by atomic mass is 79.9. The number of hydrogen-bond donors (Lipinski definition) is 0. The SMILES string of the molecule is Cc1cc(C(Br)c2ccccc2OC(F)F)c(F)cc1F. The Bertz CT molecular complexity index is 646. The number of aryl methyl sites for hydroxylation is 1. The van der Waals surface area contributed by atoms with Crippen molar-refractivity contribution < 1.29 is 22.3 Å². The van der Waals surface area contributed by atoms with E-state index >= 15 is 0 Å². The average molecular weight is 363 g/mol. The summed E-state index contributed by atoms with van der Waals surface area (Å²) in [5.74, 6) is -1.48. The maximum absolute atomic E-state index is 13.9. The second kappa shape index (κ2) is 6.47. The summed E-state index contributed by atoms with van der Waals surface area (Å²) in [6, 6.07) is 8.17. The number of benzene rings is 2. The van der Waals surface area contributed by atoms with E-state index in [1.807, 2.05) is 0 Å². The highest BCUT2D eigenvalue weighted by molar-refractivity contribution is 9.09. The van der Waals surface area contributed by atoms with Crippen LogP contribution in [0.4, 0.5) is 17.6 Å².